The Morgan fingerprint density at radius 3 is 2.07 bits per heavy atom. The Kier molecular flexibility index (Phi) is 3.08. The van der Waals surface area contributed by atoms with E-state index < -0.39 is 0 Å². The molecule has 0 aliphatic heterocycles. The molecule has 0 aliphatic carbocycles. The maximum atomic E-state index is 9.37. The van der Waals surface area contributed by atoms with Crippen molar-refractivity contribution in [1.82, 2.24) is 9.63 Å². The first kappa shape index (κ1) is 11.2. The van der Waals surface area contributed by atoms with Gasteiger partial charge in [0.25, 0.3) is 0 Å². The van der Waals surface area contributed by atoms with Crippen LogP contribution in [0.3, 0.4) is 0 Å². The topological polar surface area (TPSA) is 60.9 Å². The largest absolute Gasteiger partial charge is 0.492 e. The van der Waals surface area contributed by atoms with E-state index in [4.69, 9.17) is 4.84 Å². The highest BCUT2D eigenvalue weighted by molar-refractivity contribution is 5.68. The van der Waals surface area contributed by atoms with E-state index in [1.807, 2.05) is 0 Å². The van der Waals surface area contributed by atoms with E-state index in [0.29, 0.717) is 6.02 Å². The quantitative estimate of drug-likeness (QED) is 0.376. The second-order valence-corrected chi connectivity index (χ2v) is 3.51. The van der Waals surface area contributed by atoms with Crippen LogP contribution >= 0.6 is 0 Å². The third-order valence-corrected chi connectivity index (χ3v) is 1.74. The molecule has 1 aromatic heterocycles. The zero-order chi connectivity index (χ0) is 11.6. The molecule has 0 atom stereocenters. The van der Waals surface area contributed by atoms with E-state index in [1.54, 1.807) is 37.7 Å². The van der Waals surface area contributed by atoms with Gasteiger partial charge >= 0.3 is 6.02 Å². The molecule has 6 nitrogen and oxygen atoms in total. The van der Waals surface area contributed by atoms with Crippen LogP contribution < -0.4 is 4.84 Å². The summed E-state index contributed by atoms with van der Waals surface area (Å²) in [7, 11) is 7.19. The molecule has 15 heavy (non-hydrogen) atoms. The summed E-state index contributed by atoms with van der Waals surface area (Å²) in [5.41, 5.74) is 0. The first-order valence-electron chi connectivity index (χ1n) is 4.43. The third kappa shape index (κ3) is 2.34. The average molecular weight is 214 g/mol. The molecule has 1 aromatic rings. The number of rotatable bonds is 1. The summed E-state index contributed by atoms with van der Waals surface area (Å²) in [5, 5.41) is 18.7. The van der Waals surface area contributed by atoms with E-state index in [0.717, 1.165) is 4.73 Å². The zero-order valence-corrected chi connectivity index (χ0v) is 9.30. The summed E-state index contributed by atoms with van der Waals surface area (Å²) in [6.07, 6.45) is 0. The fraction of sp³-hybridized carbons (Fsp3) is 0.444. The van der Waals surface area contributed by atoms with Crippen molar-refractivity contribution in [3.05, 3.63) is 12.1 Å². The molecule has 0 aliphatic rings. The molecule has 0 saturated carbocycles. The zero-order valence-electron chi connectivity index (χ0n) is 9.30. The summed E-state index contributed by atoms with van der Waals surface area (Å²) in [4.78, 5) is 7.05. The van der Waals surface area contributed by atoms with Crippen molar-refractivity contribution in [1.29, 1.82) is 0 Å². The van der Waals surface area contributed by atoms with Crippen LogP contribution in [-0.2, 0) is 0 Å². The second kappa shape index (κ2) is 4.12. The predicted octanol–water partition coefficient (Wildman–Crippen LogP) is -0.482. The average Bonchev–Trinajstić information content (AvgIpc) is 2.42. The van der Waals surface area contributed by atoms with Gasteiger partial charge in [-0.3, -0.25) is 4.84 Å². The van der Waals surface area contributed by atoms with Crippen LogP contribution in [0.25, 0.3) is 0 Å². The Morgan fingerprint density at radius 2 is 1.73 bits per heavy atom. The van der Waals surface area contributed by atoms with E-state index >= 15 is 0 Å². The molecule has 0 fully saturated rings. The van der Waals surface area contributed by atoms with Gasteiger partial charge < -0.3 is 10.2 Å². The smallest absolute Gasteiger partial charge is 0.470 e. The summed E-state index contributed by atoms with van der Waals surface area (Å²) in [6, 6.07) is 3.17. The van der Waals surface area contributed by atoms with Gasteiger partial charge in [0.2, 0.25) is 11.8 Å². The fourth-order valence-corrected chi connectivity index (χ4v) is 1.14. The highest BCUT2D eigenvalue weighted by atomic mass is 16.7. The molecule has 2 N–H and O–H groups in total. The highest BCUT2D eigenvalue weighted by Gasteiger charge is 2.18. The molecule has 0 radical (unpaired) electrons. The van der Waals surface area contributed by atoms with E-state index in [-0.39, 0.29) is 11.8 Å². The van der Waals surface area contributed by atoms with Gasteiger partial charge in [-0.05, 0) is 0 Å². The molecule has 0 aromatic carbocycles. The number of hydrogen-bond donors (Lipinski definition) is 2. The maximum Gasteiger partial charge on any atom is 0.470 e. The van der Waals surface area contributed by atoms with Crippen LogP contribution in [0, 0.1) is 0 Å². The lowest BCUT2D eigenvalue weighted by Crippen LogP contribution is -2.38. The predicted molar refractivity (Wildman–Crippen MR) is 55.1 cm³/mol. The van der Waals surface area contributed by atoms with Crippen LogP contribution in [0.4, 0.5) is 0 Å². The molecule has 1 heterocycles. The van der Waals surface area contributed by atoms with Crippen LogP contribution in [0.5, 0.6) is 11.8 Å². The van der Waals surface area contributed by atoms with Gasteiger partial charge in [-0.1, -0.05) is 0 Å². The van der Waals surface area contributed by atoms with E-state index in [1.165, 1.54) is 12.1 Å². The maximum absolute atomic E-state index is 9.37. The molecule has 0 spiro atoms. The normalized spacial score (nSPS) is 9.87. The SMILES string of the molecule is CN(C)C(On1c(O)ccc1O)=[N+](C)C. The monoisotopic (exact) mass is 214 g/mol. The molecule has 0 unspecified atom stereocenters. The Balaban J connectivity index is 2.99. The number of nitrogens with zero attached hydrogens (tertiary/aromatic N) is 3. The van der Waals surface area contributed by atoms with Crippen molar-refractivity contribution >= 4 is 6.02 Å². The molecule has 0 saturated heterocycles. The Labute approximate surface area is 88.2 Å². The Hall–Kier alpha value is -1.85. The standard InChI is InChI=1S/C9H15N3O3/c1-10(2)9(11(3)4)15-12-7(13)5-6-8(12)14/h5-6H,1-4H3,(H-,13,14)/p+1. The van der Waals surface area contributed by atoms with E-state index in [9.17, 15) is 10.2 Å². The number of hydrogen-bond acceptors (Lipinski definition) is 3. The number of amidine groups is 1. The van der Waals surface area contributed by atoms with Crippen molar-refractivity contribution in [3.8, 4) is 11.8 Å². The van der Waals surface area contributed by atoms with Crippen molar-refractivity contribution in [2.24, 2.45) is 0 Å². The lowest BCUT2D eigenvalue weighted by molar-refractivity contribution is -0.480. The lowest BCUT2D eigenvalue weighted by Gasteiger charge is -2.12. The van der Waals surface area contributed by atoms with Crippen molar-refractivity contribution in [3.63, 3.8) is 0 Å². The van der Waals surface area contributed by atoms with Crippen molar-refractivity contribution in [2.75, 3.05) is 28.2 Å². The molecular formula is C9H16N3O3+. The van der Waals surface area contributed by atoms with Crippen LogP contribution in [0.15, 0.2) is 12.1 Å². The lowest BCUT2D eigenvalue weighted by atomic mass is 10.6. The van der Waals surface area contributed by atoms with Gasteiger partial charge in [-0.25, -0.2) is 9.48 Å². The summed E-state index contributed by atoms with van der Waals surface area (Å²) < 4.78 is 2.66. The van der Waals surface area contributed by atoms with Crippen molar-refractivity contribution < 1.29 is 19.6 Å². The van der Waals surface area contributed by atoms with Crippen LogP contribution in [-0.4, -0.2) is 58.6 Å². The van der Waals surface area contributed by atoms with Gasteiger partial charge in [0.05, 0.1) is 28.2 Å². The molecule has 1 rings (SSSR count). The van der Waals surface area contributed by atoms with Gasteiger partial charge in [0.1, 0.15) is 0 Å². The Bertz CT molecular complexity index is 358. The molecule has 0 amide bonds. The minimum absolute atomic E-state index is 0.159. The molecular weight excluding hydrogens is 198 g/mol. The molecule has 84 valence electrons. The minimum atomic E-state index is -0.159. The van der Waals surface area contributed by atoms with Gasteiger partial charge in [0.15, 0.2) is 0 Å². The summed E-state index contributed by atoms with van der Waals surface area (Å²) in [6.45, 7) is 0. The van der Waals surface area contributed by atoms with Gasteiger partial charge in [-0.2, -0.15) is 0 Å². The van der Waals surface area contributed by atoms with Crippen molar-refractivity contribution in [2.45, 2.75) is 0 Å². The Morgan fingerprint density at radius 1 is 1.27 bits per heavy atom. The van der Waals surface area contributed by atoms with Crippen LogP contribution in [0.1, 0.15) is 0 Å². The van der Waals surface area contributed by atoms with Crippen LogP contribution in [0.2, 0.25) is 0 Å². The van der Waals surface area contributed by atoms with Gasteiger partial charge in [0, 0.05) is 12.1 Å². The number of aromatic hydroxyl groups is 2. The minimum Gasteiger partial charge on any atom is -0.492 e. The first-order valence-corrected chi connectivity index (χ1v) is 4.43. The third-order valence-electron chi connectivity index (χ3n) is 1.74. The second-order valence-electron chi connectivity index (χ2n) is 3.51. The van der Waals surface area contributed by atoms with Gasteiger partial charge in [-0.15, -0.1) is 4.73 Å². The molecule has 0 bridgehead atoms. The highest BCUT2D eigenvalue weighted by Crippen LogP contribution is 2.18. The first-order chi connectivity index (χ1) is 6.93. The fourth-order valence-electron chi connectivity index (χ4n) is 1.14. The summed E-state index contributed by atoms with van der Waals surface area (Å²) >= 11 is 0. The summed E-state index contributed by atoms with van der Waals surface area (Å²) in [5.74, 6) is -0.317. The van der Waals surface area contributed by atoms with E-state index in [2.05, 4.69) is 0 Å². The molecule has 6 heteroatoms. The number of aromatic nitrogens is 1.